The number of hydrogen-bond donors (Lipinski definition) is 2. The van der Waals surface area contributed by atoms with Gasteiger partial charge in [-0.25, -0.2) is 0 Å². The number of hydrogen-bond acceptors (Lipinski definition) is 4. The summed E-state index contributed by atoms with van der Waals surface area (Å²) in [6.45, 7) is 3.31. The number of carbonyl (C=O) groups excluding carboxylic acids is 4. The van der Waals surface area contributed by atoms with Gasteiger partial charge < -0.3 is 20.4 Å². The molecular weight excluding hydrogens is 528 g/mol. The van der Waals surface area contributed by atoms with Crippen molar-refractivity contribution in [1.29, 1.82) is 0 Å². The van der Waals surface area contributed by atoms with Gasteiger partial charge in [-0.1, -0.05) is 18.8 Å². The van der Waals surface area contributed by atoms with Crippen LogP contribution >= 0.6 is 0 Å². The Balaban J connectivity index is 1.10. The molecule has 220 valence electrons. The Kier molecular flexibility index (Phi) is 9.58. The Hall–Kier alpha value is -4.12. The van der Waals surface area contributed by atoms with Crippen LogP contribution in [0.3, 0.4) is 0 Å². The Morgan fingerprint density at radius 1 is 0.810 bits per heavy atom. The molecule has 1 heterocycles. The standard InChI is InChI=1S/C34H40N4O4/c1-2-19-37(32(40)21-26-7-8-26)23-31(39)35-28-15-11-24(12-16-28)5-6-25-13-17-29(18-14-25)36-34(42)30-4-3-20-38(30)33(41)22-27-9-10-27/h11-18,26-27,30H,2-4,7-10,19-23H2,1H3,(H,35,39)(H,36,42)/t30-/m0/s1. The molecule has 2 saturated carbocycles. The fourth-order valence-corrected chi connectivity index (χ4v) is 5.30. The molecule has 4 amide bonds. The minimum atomic E-state index is -0.395. The van der Waals surface area contributed by atoms with Crippen LogP contribution in [0, 0.1) is 23.7 Å². The van der Waals surface area contributed by atoms with Crippen molar-refractivity contribution in [2.45, 2.75) is 70.8 Å². The Morgan fingerprint density at radius 2 is 1.38 bits per heavy atom. The molecule has 42 heavy (non-hydrogen) atoms. The molecule has 0 bridgehead atoms. The van der Waals surface area contributed by atoms with Gasteiger partial charge in [0.25, 0.3) is 0 Å². The van der Waals surface area contributed by atoms with Gasteiger partial charge in [-0.3, -0.25) is 19.2 Å². The molecule has 1 aliphatic heterocycles. The molecule has 2 aliphatic carbocycles. The summed E-state index contributed by atoms with van der Waals surface area (Å²) in [5, 5.41) is 5.84. The van der Waals surface area contributed by atoms with Crippen LogP contribution in [0.4, 0.5) is 11.4 Å². The van der Waals surface area contributed by atoms with E-state index in [1.165, 1.54) is 0 Å². The molecule has 2 N–H and O–H groups in total. The van der Waals surface area contributed by atoms with Crippen molar-refractivity contribution in [3.8, 4) is 11.8 Å². The number of likely N-dealkylation sites (tertiary alicyclic amines) is 1. The number of carbonyl (C=O) groups is 4. The summed E-state index contributed by atoms with van der Waals surface area (Å²) in [6.07, 6.45) is 7.95. The van der Waals surface area contributed by atoms with Crippen LogP contribution in [0.2, 0.25) is 0 Å². The van der Waals surface area contributed by atoms with Crippen LogP contribution in [-0.2, 0) is 19.2 Å². The number of rotatable bonds is 11. The summed E-state index contributed by atoms with van der Waals surface area (Å²) in [4.78, 5) is 53.9. The Bertz CT molecular complexity index is 1350. The molecule has 5 rings (SSSR count). The summed E-state index contributed by atoms with van der Waals surface area (Å²) in [5.74, 6) is 7.09. The zero-order valence-electron chi connectivity index (χ0n) is 24.4. The molecule has 0 radical (unpaired) electrons. The Labute approximate surface area is 248 Å². The SMILES string of the molecule is CCCN(CC(=O)Nc1ccc(C#Cc2ccc(NC(=O)[C@@H]3CCCN3C(=O)CC3CC3)cc2)cc1)C(=O)CC1CC1. The van der Waals surface area contributed by atoms with Crippen molar-refractivity contribution >= 4 is 35.0 Å². The third kappa shape index (κ3) is 8.45. The second kappa shape index (κ2) is 13.7. The van der Waals surface area contributed by atoms with Gasteiger partial charge in [0.05, 0.1) is 6.54 Å². The van der Waals surface area contributed by atoms with E-state index in [2.05, 4.69) is 22.5 Å². The van der Waals surface area contributed by atoms with Gasteiger partial charge in [0.2, 0.25) is 23.6 Å². The molecule has 3 fully saturated rings. The average molecular weight is 569 g/mol. The Morgan fingerprint density at radius 3 is 1.95 bits per heavy atom. The number of amides is 4. The third-order valence-electron chi connectivity index (χ3n) is 8.05. The number of nitrogens with one attached hydrogen (secondary N) is 2. The van der Waals surface area contributed by atoms with Gasteiger partial charge in [0.1, 0.15) is 6.04 Å². The largest absolute Gasteiger partial charge is 0.333 e. The fourth-order valence-electron chi connectivity index (χ4n) is 5.30. The molecule has 0 unspecified atom stereocenters. The first kappa shape index (κ1) is 29.4. The molecule has 0 aromatic heterocycles. The average Bonchev–Trinajstić information content (AvgIpc) is 3.92. The first-order valence-corrected chi connectivity index (χ1v) is 15.3. The van der Waals surface area contributed by atoms with Crippen molar-refractivity contribution < 1.29 is 19.2 Å². The maximum atomic E-state index is 12.9. The lowest BCUT2D eigenvalue weighted by molar-refractivity contribution is -0.136. The zero-order valence-corrected chi connectivity index (χ0v) is 24.4. The smallest absolute Gasteiger partial charge is 0.247 e. The van der Waals surface area contributed by atoms with Gasteiger partial charge in [0, 0.05) is 48.4 Å². The highest BCUT2D eigenvalue weighted by Crippen LogP contribution is 2.34. The minimum absolute atomic E-state index is 0.0617. The lowest BCUT2D eigenvalue weighted by Gasteiger charge is -2.24. The first-order valence-electron chi connectivity index (χ1n) is 15.3. The third-order valence-corrected chi connectivity index (χ3v) is 8.05. The molecular formula is C34H40N4O4. The second-order valence-corrected chi connectivity index (χ2v) is 11.8. The van der Waals surface area contributed by atoms with Gasteiger partial charge in [-0.2, -0.15) is 0 Å². The molecule has 8 nitrogen and oxygen atoms in total. The summed E-state index contributed by atoms with van der Waals surface area (Å²) in [7, 11) is 0. The van der Waals surface area contributed by atoms with E-state index in [0.717, 1.165) is 49.7 Å². The summed E-state index contributed by atoms with van der Waals surface area (Å²) >= 11 is 0. The van der Waals surface area contributed by atoms with E-state index in [0.29, 0.717) is 55.6 Å². The maximum Gasteiger partial charge on any atom is 0.247 e. The van der Waals surface area contributed by atoms with Crippen LogP contribution < -0.4 is 10.6 Å². The fraction of sp³-hybridized carbons (Fsp3) is 0.471. The quantitative estimate of drug-likeness (QED) is 0.381. The normalized spacial score (nSPS) is 17.6. The lowest BCUT2D eigenvalue weighted by atomic mass is 10.1. The summed E-state index contributed by atoms with van der Waals surface area (Å²) in [5.41, 5.74) is 2.94. The molecule has 2 aromatic rings. The highest BCUT2D eigenvalue weighted by molar-refractivity contribution is 5.97. The van der Waals surface area contributed by atoms with Crippen LogP contribution in [0.5, 0.6) is 0 Å². The number of anilines is 2. The van der Waals surface area contributed by atoms with Crippen molar-refractivity contribution in [3.63, 3.8) is 0 Å². The monoisotopic (exact) mass is 568 g/mol. The number of nitrogens with zero attached hydrogens (tertiary/aromatic N) is 2. The van der Waals surface area contributed by atoms with E-state index in [-0.39, 0.29) is 30.2 Å². The molecule has 2 aromatic carbocycles. The van der Waals surface area contributed by atoms with E-state index in [1.54, 1.807) is 21.9 Å². The minimum Gasteiger partial charge on any atom is -0.333 e. The highest BCUT2D eigenvalue weighted by atomic mass is 16.2. The van der Waals surface area contributed by atoms with E-state index >= 15 is 0 Å². The topological polar surface area (TPSA) is 98.8 Å². The summed E-state index contributed by atoms with van der Waals surface area (Å²) in [6, 6.07) is 14.3. The van der Waals surface area contributed by atoms with Crippen molar-refractivity contribution in [1.82, 2.24) is 9.80 Å². The van der Waals surface area contributed by atoms with E-state index in [9.17, 15) is 19.2 Å². The first-order chi connectivity index (χ1) is 20.4. The van der Waals surface area contributed by atoms with Crippen molar-refractivity contribution in [3.05, 3.63) is 59.7 Å². The maximum absolute atomic E-state index is 12.9. The zero-order chi connectivity index (χ0) is 29.5. The van der Waals surface area contributed by atoms with Gasteiger partial charge >= 0.3 is 0 Å². The van der Waals surface area contributed by atoms with E-state index in [1.807, 2.05) is 43.3 Å². The van der Waals surface area contributed by atoms with Crippen molar-refractivity contribution in [2.24, 2.45) is 11.8 Å². The number of benzene rings is 2. The van der Waals surface area contributed by atoms with Gasteiger partial charge in [-0.05, 0) is 105 Å². The lowest BCUT2D eigenvalue weighted by Crippen LogP contribution is -2.43. The molecule has 0 spiro atoms. The molecule has 8 heteroatoms. The van der Waals surface area contributed by atoms with Gasteiger partial charge in [-0.15, -0.1) is 0 Å². The molecule has 1 atom stereocenters. The molecule has 3 aliphatic rings. The van der Waals surface area contributed by atoms with Crippen LogP contribution in [0.1, 0.15) is 75.8 Å². The highest BCUT2D eigenvalue weighted by Gasteiger charge is 2.36. The van der Waals surface area contributed by atoms with E-state index in [4.69, 9.17) is 0 Å². The van der Waals surface area contributed by atoms with Crippen molar-refractivity contribution in [2.75, 3.05) is 30.3 Å². The predicted molar refractivity (Wildman–Crippen MR) is 162 cm³/mol. The van der Waals surface area contributed by atoms with Crippen LogP contribution in [0.25, 0.3) is 0 Å². The van der Waals surface area contributed by atoms with E-state index < -0.39 is 6.04 Å². The predicted octanol–water partition coefficient (Wildman–Crippen LogP) is 4.79. The second-order valence-electron chi connectivity index (χ2n) is 11.8. The van der Waals surface area contributed by atoms with Crippen LogP contribution in [0.15, 0.2) is 48.5 Å². The van der Waals surface area contributed by atoms with Gasteiger partial charge in [0.15, 0.2) is 0 Å². The summed E-state index contributed by atoms with van der Waals surface area (Å²) < 4.78 is 0. The van der Waals surface area contributed by atoms with Crippen LogP contribution in [-0.4, -0.2) is 59.1 Å². The molecule has 1 saturated heterocycles.